The molecular weight excluding hydrogens is 284 g/mol. The highest BCUT2D eigenvalue weighted by molar-refractivity contribution is 7.09. The lowest BCUT2D eigenvalue weighted by atomic mass is 10.2. The molecule has 4 nitrogen and oxygen atoms in total. The molecule has 0 bridgehead atoms. The maximum absolute atomic E-state index is 11.3. The van der Waals surface area contributed by atoms with Gasteiger partial charge in [-0.15, -0.1) is 11.3 Å². The normalized spacial score (nSPS) is 10.4. The molecule has 0 saturated carbocycles. The van der Waals surface area contributed by atoms with Gasteiger partial charge >= 0.3 is 0 Å². The van der Waals surface area contributed by atoms with E-state index in [0.717, 1.165) is 17.1 Å². The van der Waals surface area contributed by atoms with Crippen LogP contribution in [0.25, 0.3) is 0 Å². The van der Waals surface area contributed by atoms with Crippen molar-refractivity contribution in [2.24, 2.45) is 5.73 Å². The van der Waals surface area contributed by atoms with Crippen LogP contribution in [-0.4, -0.2) is 10.9 Å². The molecule has 0 saturated heterocycles. The molecule has 1 aromatic heterocycles. The highest BCUT2D eigenvalue weighted by atomic mass is 35.5. The van der Waals surface area contributed by atoms with E-state index in [4.69, 9.17) is 22.1 Å². The Morgan fingerprint density at radius 3 is 2.95 bits per heavy atom. The Morgan fingerprint density at radius 1 is 1.53 bits per heavy atom. The molecule has 0 aliphatic carbocycles. The van der Waals surface area contributed by atoms with Gasteiger partial charge in [0.05, 0.1) is 16.3 Å². The summed E-state index contributed by atoms with van der Waals surface area (Å²) in [6.07, 6.45) is 0.901. The third kappa shape index (κ3) is 3.45. The first kappa shape index (κ1) is 13.8. The standard InChI is InChI=1S/C13H13ClN2O2S/c1-2-12-16-9(7-19-12)6-18-11-4-3-8(14)5-10(11)13(15)17/h3-5,7H,2,6H2,1H3,(H2,15,17). The zero-order chi connectivity index (χ0) is 13.8. The lowest BCUT2D eigenvalue weighted by Gasteiger charge is -2.08. The second-order valence-electron chi connectivity index (χ2n) is 3.88. The molecule has 1 amide bonds. The molecule has 100 valence electrons. The minimum Gasteiger partial charge on any atom is -0.486 e. The first-order valence-corrected chi connectivity index (χ1v) is 7.01. The van der Waals surface area contributed by atoms with Gasteiger partial charge in [0.25, 0.3) is 5.91 Å². The van der Waals surface area contributed by atoms with Crippen LogP contribution in [0.4, 0.5) is 0 Å². The largest absolute Gasteiger partial charge is 0.486 e. The van der Waals surface area contributed by atoms with Crippen LogP contribution in [0.1, 0.15) is 28.0 Å². The molecule has 0 radical (unpaired) electrons. The maximum atomic E-state index is 11.3. The predicted molar refractivity (Wildman–Crippen MR) is 75.8 cm³/mol. The number of primary amides is 1. The van der Waals surface area contributed by atoms with Gasteiger partial charge in [0.2, 0.25) is 0 Å². The Balaban J connectivity index is 2.12. The SMILES string of the molecule is CCc1nc(COc2ccc(Cl)cc2C(N)=O)cs1. The first-order valence-electron chi connectivity index (χ1n) is 5.75. The molecule has 2 rings (SSSR count). The highest BCUT2D eigenvalue weighted by Gasteiger charge is 2.11. The highest BCUT2D eigenvalue weighted by Crippen LogP contribution is 2.23. The number of carbonyl (C=O) groups is 1. The minimum absolute atomic E-state index is 0.276. The summed E-state index contributed by atoms with van der Waals surface area (Å²) in [5.74, 6) is -0.145. The van der Waals surface area contributed by atoms with E-state index in [2.05, 4.69) is 4.98 Å². The lowest BCUT2D eigenvalue weighted by Crippen LogP contribution is -2.13. The molecule has 1 heterocycles. The van der Waals surface area contributed by atoms with Crippen molar-refractivity contribution >= 4 is 28.8 Å². The topological polar surface area (TPSA) is 65.2 Å². The van der Waals surface area contributed by atoms with Crippen LogP contribution >= 0.6 is 22.9 Å². The van der Waals surface area contributed by atoms with Crippen LogP contribution < -0.4 is 10.5 Å². The number of thiazole rings is 1. The van der Waals surface area contributed by atoms with Crippen LogP contribution in [0.15, 0.2) is 23.6 Å². The quantitative estimate of drug-likeness (QED) is 0.922. The summed E-state index contributed by atoms with van der Waals surface area (Å²) in [6, 6.07) is 4.79. The summed E-state index contributed by atoms with van der Waals surface area (Å²) < 4.78 is 5.58. The number of hydrogen-bond acceptors (Lipinski definition) is 4. The summed E-state index contributed by atoms with van der Waals surface area (Å²) in [5.41, 5.74) is 6.40. The van der Waals surface area contributed by atoms with Gasteiger partial charge in [-0.2, -0.15) is 0 Å². The van der Waals surface area contributed by atoms with Gasteiger partial charge in [0, 0.05) is 10.4 Å². The summed E-state index contributed by atoms with van der Waals surface area (Å²) in [5, 5.41) is 3.45. The van der Waals surface area contributed by atoms with Crippen molar-refractivity contribution in [1.29, 1.82) is 0 Å². The van der Waals surface area contributed by atoms with Gasteiger partial charge in [0.15, 0.2) is 0 Å². The molecular formula is C13H13ClN2O2S. The number of ether oxygens (including phenoxy) is 1. The van der Waals surface area contributed by atoms with E-state index < -0.39 is 5.91 Å². The zero-order valence-corrected chi connectivity index (χ0v) is 11.9. The molecule has 0 unspecified atom stereocenters. The Labute approximate surface area is 120 Å². The second kappa shape index (κ2) is 6.04. The minimum atomic E-state index is -0.565. The third-order valence-electron chi connectivity index (χ3n) is 2.48. The maximum Gasteiger partial charge on any atom is 0.252 e. The Kier molecular flexibility index (Phi) is 4.39. The van der Waals surface area contributed by atoms with Crippen molar-refractivity contribution in [1.82, 2.24) is 4.98 Å². The molecule has 6 heteroatoms. The van der Waals surface area contributed by atoms with Crippen LogP contribution in [0.3, 0.4) is 0 Å². The van der Waals surface area contributed by atoms with Crippen LogP contribution in [0.5, 0.6) is 5.75 Å². The molecule has 0 aliphatic heterocycles. The number of benzene rings is 1. The van der Waals surface area contributed by atoms with Gasteiger partial charge in [0.1, 0.15) is 12.4 Å². The summed E-state index contributed by atoms with van der Waals surface area (Å²) in [7, 11) is 0. The van der Waals surface area contributed by atoms with Gasteiger partial charge in [-0.05, 0) is 24.6 Å². The zero-order valence-electron chi connectivity index (χ0n) is 10.4. The molecule has 19 heavy (non-hydrogen) atoms. The molecule has 0 aliphatic rings. The molecule has 0 spiro atoms. The van der Waals surface area contributed by atoms with E-state index in [1.54, 1.807) is 23.5 Å². The van der Waals surface area contributed by atoms with Gasteiger partial charge in [-0.3, -0.25) is 4.79 Å². The van der Waals surface area contributed by atoms with Crippen molar-refractivity contribution in [3.8, 4) is 5.75 Å². The molecule has 2 aromatic rings. The number of aromatic nitrogens is 1. The number of rotatable bonds is 5. The average molecular weight is 297 g/mol. The van der Waals surface area contributed by atoms with Crippen LogP contribution in [0, 0.1) is 0 Å². The Morgan fingerprint density at radius 2 is 2.32 bits per heavy atom. The van der Waals surface area contributed by atoms with Crippen LogP contribution in [-0.2, 0) is 13.0 Å². The number of hydrogen-bond donors (Lipinski definition) is 1. The summed E-state index contributed by atoms with van der Waals surface area (Å²) >= 11 is 7.42. The smallest absolute Gasteiger partial charge is 0.252 e. The number of halogens is 1. The van der Waals surface area contributed by atoms with E-state index >= 15 is 0 Å². The van der Waals surface area contributed by atoms with Crippen molar-refractivity contribution in [2.45, 2.75) is 20.0 Å². The lowest BCUT2D eigenvalue weighted by molar-refractivity contribution is 0.0996. The fourth-order valence-corrected chi connectivity index (χ4v) is 2.45. The van der Waals surface area contributed by atoms with Gasteiger partial charge in [-0.25, -0.2) is 4.98 Å². The second-order valence-corrected chi connectivity index (χ2v) is 5.26. The Hall–Kier alpha value is -1.59. The summed E-state index contributed by atoms with van der Waals surface area (Å²) in [6.45, 7) is 2.35. The van der Waals surface area contributed by atoms with E-state index in [-0.39, 0.29) is 5.56 Å². The summed E-state index contributed by atoms with van der Waals surface area (Å²) in [4.78, 5) is 15.7. The van der Waals surface area contributed by atoms with E-state index in [0.29, 0.717) is 17.4 Å². The van der Waals surface area contributed by atoms with Crippen molar-refractivity contribution in [2.75, 3.05) is 0 Å². The number of amides is 1. The number of nitrogens with zero attached hydrogens (tertiary/aromatic N) is 1. The molecule has 0 fully saturated rings. The number of aryl methyl sites for hydroxylation is 1. The van der Waals surface area contributed by atoms with Gasteiger partial charge < -0.3 is 10.5 Å². The average Bonchev–Trinajstić information content (AvgIpc) is 2.85. The molecule has 2 N–H and O–H groups in total. The third-order valence-corrected chi connectivity index (χ3v) is 3.76. The van der Waals surface area contributed by atoms with Crippen molar-refractivity contribution in [3.05, 3.63) is 44.9 Å². The fraction of sp³-hybridized carbons (Fsp3) is 0.231. The molecule has 1 aromatic carbocycles. The Bertz CT molecular complexity index is 598. The van der Waals surface area contributed by atoms with Gasteiger partial charge in [-0.1, -0.05) is 18.5 Å². The van der Waals surface area contributed by atoms with E-state index in [9.17, 15) is 4.79 Å². The predicted octanol–water partition coefficient (Wildman–Crippen LogP) is 3.04. The van der Waals surface area contributed by atoms with Crippen molar-refractivity contribution < 1.29 is 9.53 Å². The van der Waals surface area contributed by atoms with Crippen molar-refractivity contribution in [3.63, 3.8) is 0 Å². The number of nitrogens with two attached hydrogens (primary N) is 1. The fourth-order valence-electron chi connectivity index (χ4n) is 1.55. The van der Waals surface area contributed by atoms with E-state index in [1.807, 2.05) is 12.3 Å². The van der Waals surface area contributed by atoms with E-state index in [1.165, 1.54) is 6.07 Å². The van der Waals surface area contributed by atoms with Crippen LogP contribution in [0.2, 0.25) is 5.02 Å². The monoisotopic (exact) mass is 296 g/mol. The first-order chi connectivity index (χ1) is 9.10. The number of carbonyl (C=O) groups excluding carboxylic acids is 1. The molecule has 0 atom stereocenters.